The lowest BCUT2D eigenvalue weighted by molar-refractivity contribution is 0.0440. The number of nitrogens with zero attached hydrogens (tertiary/aromatic N) is 5. The van der Waals surface area contributed by atoms with Gasteiger partial charge in [0.1, 0.15) is 23.0 Å². The summed E-state index contributed by atoms with van der Waals surface area (Å²) in [5.41, 5.74) is 1.04. The van der Waals surface area contributed by atoms with Crippen LogP contribution in [0.1, 0.15) is 53.4 Å². The summed E-state index contributed by atoms with van der Waals surface area (Å²) in [5.74, 6) is -0.757. The van der Waals surface area contributed by atoms with E-state index in [0.29, 0.717) is 29.9 Å². The first-order valence-electron chi connectivity index (χ1n) is 9.48. The quantitative estimate of drug-likeness (QED) is 0.535. The molecule has 4 aromatic rings. The maximum atomic E-state index is 14.2. The molecule has 4 aromatic heterocycles. The minimum absolute atomic E-state index is 0.00561. The Morgan fingerprint density at radius 3 is 2.97 bits per heavy atom. The van der Waals surface area contributed by atoms with E-state index in [-0.39, 0.29) is 11.7 Å². The van der Waals surface area contributed by atoms with Crippen molar-refractivity contribution in [3.05, 3.63) is 71.5 Å². The zero-order valence-corrected chi connectivity index (χ0v) is 16.3. The Bertz CT molecular complexity index is 1250. The number of carbonyl (C=O) groups is 1. The number of aromatic amines is 1. The molecule has 0 unspecified atom stereocenters. The van der Waals surface area contributed by atoms with Gasteiger partial charge in [0.15, 0.2) is 0 Å². The second kappa shape index (κ2) is 6.49. The maximum absolute atomic E-state index is 14.2. The summed E-state index contributed by atoms with van der Waals surface area (Å²) in [5, 5.41) is 14.6. The summed E-state index contributed by atoms with van der Waals surface area (Å²) in [4.78, 5) is 26.4. The van der Waals surface area contributed by atoms with E-state index in [2.05, 4.69) is 20.1 Å². The van der Waals surface area contributed by atoms with Crippen LogP contribution in [-0.4, -0.2) is 47.0 Å². The second-order valence-electron chi connectivity index (χ2n) is 7.76. The topological polar surface area (TPSA) is 113 Å². The van der Waals surface area contributed by atoms with E-state index in [1.54, 1.807) is 29.6 Å². The van der Waals surface area contributed by atoms with Gasteiger partial charge >= 0.3 is 0 Å². The third-order valence-electron chi connectivity index (χ3n) is 5.17. The van der Waals surface area contributed by atoms with Crippen molar-refractivity contribution in [2.75, 3.05) is 6.54 Å². The molecule has 1 aliphatic rings. The normalized spacial score (nSPS) is 16.8. The van der Waals surface area contributed by atoms with Gasteiger partial charge < -0.3 is 19.4 Å². The zero-order chi connectivity index (χ0) is 21.0. The summed E-state index contributed by atoms with van der Waals surface area (Å²) in [6.07, 6.45) is 5.10. The lowest BCUT2D eigenvalue weighted by Gasteiger charge is -2.33. The van der Waals surface area contributed by atoms with E-state index in [0.717, 1.165) is 5.69 Å². The minimum Gasteiger partial charge on any atom is -0.432 e. The van der Waals surface area contributed by atoms with Crippen molar-refractivity contribution >= 4 is 11.4 Å². The van der Waals surface area contributed by atoms with E-state index in [4.69, 9.17) is 4.42 Å². The average Bonchev–Trinajstić information content (AvgIpc) is 3.44. The molecule has 0 saturated carbocycles. The van der Waals surface area contributed by atoms with Crippen molar-refractivity contribution in [2.24, 2.45) is 0 Å². The van der Waals surface area contributed by atoms with Gasteiger partial charge in [-0.2, -0.15) is 5.10 Å². The Hall–Kier alpha value is -3.53. The monoisotopic (exact) mass is 410 g/mol. The highest BCUT2D eigenvalue weighted by Crippen LogP contribution is 2.35. The van der Waals surface area contributed by atoms with Crippen LogP contribution in [0.2, 0.25) is 0 Å². The number of hydrogen-bond acceptors (Lipinski definition) is 6. The Kier molecular flexibility index (Phi) is 4.00. The molecule has 0 saturated heterocycles. The molecule has 0 spiro atoms. The number of pyridine rings is 1. The van der Waals surface area contributed by atoms with E-state index < -0.39 is 23.4 Å². The number of aliphatic hydroxyl groups is 1. The first-order valence-corrected chi connectivity index (χ1v) is 9.48. The van der Waals surface area contributed by atoms with Crippen LogP contribution in [0.25, 0.3) is 5.52 Å². The van der Waals surface area contributed by atoms with Gasteiger partial charge in [-0.15, -0.1) is 0 Å². The molecule has 0 aliphatic carbocycles. The smallest absolute Gasteiger partial charge is 0.292 e. The SMILES string of the molecule is CC(C)(O)c1ncc(C(=O)N2CCc3[nH]cnc3[C@H]2c2cc3c(F)cccn3n2)o1. The van der Waals surface area contributed by atoms with Crippen LogP contribution in [0.5, 0.6) is 0 Å². The number of H-pyrrole nitrogens is 1. The van der Waals surface area contributed by atoms with E-state index in [1.807, 2.05) is 0 Å². The number of fused-ring (bicyclic) bond motifs is 2. The fraction of sp³-hybridized carbons (Fsp3) is 0.300. The lowest BCUT2D eigenvalue weighted by Crippen LogP contribution is -2.40. The van der Waals surface area contributed by atoms with Crippen molar-refractivity contribution in [3.8, 4) is 0 Å². The summed E-state index contributed by atoms with van der Waals surface area (Å²) < 4.78 is 21.2. The van der Waals surface area contributed by atoms with Gasteiger partial charge in [-0.1, -0.05) is 0 Å². The molecule has 30 heavy (non-hydrogen) atoms. The van der Waals surface area contributed by atoms with Crippen molar-refractivity contribution in [1.29, 1.82) is 0 Å². The summed E-state index contributed by atoms with van der Waals surface area (Å²) >= 11 is 0. The van der Waals surface area contributed by atoms with Gasteiger partial charge in [-0.05, 0) is 32.0 Å². The molecule has 1 atom stereocenters. The van der Waals surface area contributed by atoms with E-state index in [9.17, 15) is 14.3 Å². The molecular formula is C20H19FN6O3. The molecule has 1 amide bonds. The third kappa shape index (κ3) is 2.88. The second-order valence-corrected chi connectivity index (χ2v) is 7.76. The molecule has 0 aromatic carbocycles. The van der Waals surface area contributed by atoms with Gasteiger partial charge in [-0.3, -0.25) is 4.79 Å². The van der Waals surface area contributed by atoms with Crippen molar-refractivity contribution in [2.45, 2.75) is 31.9 Å². The Balaban J connectivity index is 1.59. The molecule has 9 nitrogen and oxygen atoms in total. The van der Waals surface area contributed by atoms with Crippen LogP contribution in [0.15, 0.2) is 41.3 Å². The van der Waals surface area contributed by atoms with Crippen LogP contribution >= 0.6 is 0 Å². The van der Waals surface area contributed by atoms with Crippen LogP contribution in [-0.2, 0) is 12.0 Å². The average molecular weight is 410 g/mol. The molecule has 5 rings (SSSR count). The molecular weight excluding hydrogens is 391 g/mol. The summed E-state index contributed by atoms with van der Waals surface area (Å²) in [6, 6.07) is 3.92. The van der Waals surface area contributed by atoms with Crippen molar-refractivity contribution in [3.63, 3.8) is 0 Å². The fourth-order valence-corrected chi connectivity index (χ4v) is 3.73. The summed E-state index contributed by atoms with van der Waals surface area (Å²) in [6.45, 7) is 3.43. The minimum atomic E-state index is -1.31. The van der Waals surface area contributed by atoms with E-state index >= 15 is 0 Å². The Labute approximate surface area is 170 Å². The van der Waals surface area contributed by atoms with Crippen molar-refractivity contribution < 1.29 is 18.7 Å². The van der Waals surface area contributed by atoms with Gasteiger partial charge in [0, 0.05) is 24.9 Å². The highest BCUT2D eigenvalue weighted by atomic mass is 19.1. The maximum Gasteiger partial charge on any atom is 0.292 e. The van der Waals surface area contributed by atoms with Gasteiger partial charge in [0.2, 0.25) is 11.7 Å². The van der Waals surface area contributed by atoms with Crippen LogP contribution in [0.3, 0.4) is 0 Å². The highest BCUT2D eigenvalue weighted by molar-refractivity contribution is 5.92. The van der Waals surface area contributed by atoms with Crippen LogP contribution < -0.4 is 0 Å². The number of oxazole rings is 1. The fourth-order valence-electron chi connectivity index (χ4n) is 3.73. The number of rotatable bonds is 3. The summed E-state index contributed by atoms with van der Waals surface area (Å²) in [7, 11) is 0. The zero-order valence-electron chi connectivity index (χ0n) is 16.3. The molecule has 0 bridgehead atoms. The molecule has 1 aliphatic heterocycles. The largest absolute Gasteiger partial charge is 0.432 e. The van der Waals surface area contributed by atoms with Crippen LogP contribution in [0.4, 0.5) is 4.39 Å². The standard InChI is InChI=1S/C20H19FN6O3/c1-20(2,29)19-22-9-15(30-19)18(28)26-7-5-12-16(24-10-23-12)17(26)13-8-14-11(21)4-3-6-27(14)25-13/h3-4,6,8-10,17,29H,5,7H2,1-2H3,(H,23,24)/t17-/m1/s1. The van der Waals surface area contributed by atoms with E-state index in [1.165, 1.54) is 30.6 Å². The van der Waals surface area contributed by atoms with Gasteiger partial charge in [0.05, 0.1) is 23.9 Å². The first kappa shape index (κ1) is 18.5. The molecule has 2 N–H and O–H groups in total. The predicted octanol–water partition coefficient (Wildman–Crippen LogP) is 2.20. The number of amides is 1. The number of hydrogen-bond donors (Lipinski definition) is 2. The number of halogens is 1. The molecule has 10 heteroatoms. The Morgan fingerprint density at radius 1 is 1.40 bits per heavy atom. The number of imidazole rings is 1. The van der Waals surface area contributed by atoms with Crippen molar-refractivity contribution in [1.82, 2.24) is 29.5 Å². The lowest BCUT2D eigenvalue weighted by atomic mass is 9.99. The van der Waals surface area contributed by atoms with Crippen LogP contribution in [0, 0.1) is 5.82 Å². The third-order valence-corrected chi connectivity index (χ3v) is 5.17. The molecule has 0 fully saturated rings. The highest BCUT2D eigenvalue weighted by Gasteiger charge is 2.38. The molecule has 154 valence electrons. The first-order chi connectivity index (χ1) is 14.3. The molecule has 0 radical (unpaired) electrons. The number of nitrogens with one attached hydrogen (secondary N) is 1. The number of carbonyl (C=O) groups excluding carboxylic acids is 1. The van der Waals surface area contributed by atoms with Gasteiger partial charge in [-0.25, -0.2) is 18.9 Å². The van der Waals surface area contributed by atoms with Gasteiger partial charge in [0.25, 0.3) is 5.91 Å². The molecule has 5 heterocycles. The predicted molar refractivity (Wildman–Crippen MR) is 102 cm³/mol. The number of aromatic nitrogens is 5. The Morgan fingerprint density at radius 2 is 2.23 bits per heavy atom.